The molecule has 1 unspecified atom stereocenters. The Bertz CT molecular complexity index is 296. The lowest BCUT2D eigenvalue weighted by Crippen LogP contribution is -2.27. The summed E-state index contributed by atoms with van der Waals surface area (Å²) in [6, 6.07) is 2.49. The van der Waals surface area contributed by atoms with E-state index < -0.39 is 0 Å². The fraction of sp³-hybridized carbons (Fsp3) is 0.600. The largest absolute Gasteiger partial charge is 0.271 e. The molecule has 1 aliphatic carbocycles. The molecule has 1 fully saturated rings. The standard InChI is InChI=1S/C10H15BrN2S/c11-10-5-8(6-14-10)9(13-12)4-3-7-1-2-7/h5-7,9,13H,1-4,12H2. The number of rotatable bonds is 5. The van der Waals surface area contributed by atoms with E-state index in [9.17, 15) is 0 Å². The van der Waals surface area contributed by atoms with E-state index in [4.69, 9.17) is 5.84 Å². The van der Waals surface area contributed by atoms with Gasteiger partial charge >= 0.3 is 0 Å². The summed E-state index contributed by atoms with van der Waals surface area (Å²) in [5.74, 6) is 6.54. The van der Waals surface area contributed by atoms with Gasteiger partial charge in [-0.25, -0.2) is 0 Å². The van der Waals surface area contributed by atoms with Gasteiger partial charge in [0.15, 0.2) is 0 Å². The number of hydrazine groups is 1. The lowest BCUT2D eigenvalue weighted by molar-refractivity contribution is 0.483. The van der Waals surface area contributed by atoms with Gasteiger partial charge in [-0.2, -0.15) is 0 Å². The number of hydrogen-bond donors (Lipinski definition) is 2. The minimum absolute atomic E-state index is 0.332. The molecule has 1 aliphatic rings. The molecule has 2 rings (SSSR count). The van der Waals surface area contributed by atoms with Crippen molar-refractivity contribution in [3.63, 3.8) is 0 Å². The van der Waals surface area contributed by atoms with Gasteiger partial charge in [-0.05, 0) is 51.7 Å². The van der Waals surface area contributed by atoms with Crippen molar-refractivity contribution in [2.24, 2.45) is 11.8 Å². The summed E-state index contributed by atoms with van der Waals surface area (Å²) >= 11 is 5.19. The third-order valence-electron chi connectivity index (χ3n) is 2.75. The van der Waals surface area contributed by atoms with Crippen molar-refractivity contribution in [1.29, 1.82) is 0 Å². The van der Waals surface area contributed by atoms with Crippen LogP contribution in [0.15, 0.2) is 15.2 Å². The van der Waals surface area contributed by atoms with E-state index >= 15 is 0 Å². The van der Waals surface area contributed by atoms with E-state index in [-0.39, 0.29) is 0 Å². The van der Waals surface area contributed by atoms with E-state index in [1.54, 1.807) is 11.3 Å². The van der Waals surface area contributed by atoms with Crippen LogP contribution in [-0.4, -0.2) is 0 Å². The zero-order chi connectivity index (χ0) is 9.97. The SMILES string of the molecule is NNC(CCC1CC1)c1csc(Br)c1. The molecule has 1 saturated carbocycles. The molecule has 0 spiro atoms. The Balaban J connectivity index is 1.90. The number of nitrogens with one attached hydrogen (secondary N) is 1. The molecule has 2 nitrogen and oxygen atoms in total. The van der Waals surface area contributed by atoms with Crippen LogP contribution in [0.5, 0.6) is 0 Å². The van der Waals surface area contributed by atoms with Gasteiger partial charge in [0, 0.05) is 6.04 Å². The van der Waals surface area contributed by atoms with Crippen LogP contribution in [0, 0.1) is 5.92 Å². The van der Waals surface area contributed by atoms with Crippen molar-refractivity contribution < 1.29 is 0 Å². The average molecular weight is 275 g/mol. The monoisotopic (exact) mass is 274 g/mol. The molecule has 4 heteroatoms. The van der Waals surface area contributed by atoms with Gasteiger partial charge in [-0.1, -0.05) is 12.8 Å². The van der Waals surface area contributed by atoms with Crippen LogP contribution in [0.3, 0.4) is 0 Å². The molecule has 0 radical (unpaired) electrons. The maximum atomic E-state index is 5.56. The normalized spacial score (nSPS) is 18.4. The Kier molecular flexibility index (Phi) is 3.60. The molecule has 0 aromatic carbocycles. The van der Waals surface area contributed by atoms with Crippen LogP contribution < -0.4 is 11.3 Å². The molecule has 14 heavy (non-hydrogen) atoms. The third kappa shape index (κ3) is 2.79. The van der Waals surface area contributed by atoms with Crippen LogP contribution in [0.2, 0.25) is 0 Å². The highest BCUT2D eigenvalue weighted by atomic mass is 79.9. The van der Waals surface area contributed by atoms with E-state index in [1.165, 1.54) is 28.6 Å². The second-order valence-electron chi connectivity index (χ2n) is 3.92. The molecule has 1 atom stereocenters. The van der Waals surface area contributed by atoms with Crippen LogP contribution in [0.4, 0.5) is 0 Å². The van der Waals surface area contributed by atoms with E-state index in [1.807, 2.05) is 0 Å². The maximum absolute atomic E-state index is 5.56. The maximum Gasteiger partial charge on any atom is 0.0701 e. The van der Waals surface area contributed by atoms with Gasteiger partial charge in [-0.3, -0.25) is 11.3 Å². The number of nitrogens with two attached hydrogens (primary N) is 1. The van der Waals surface area contributed by atoms with Gasteiger partial charge < -0.3 is 0 Å². The van der Waals surface area contributed by atoms with E-state index in [0.717, 1.165) is 12.3 Å². The molecule has 0 aliphatic heterocycles. The predicted molar refractivity (Wildman–Crippen MR) is 64.0 cm³/mol. The molecule has 0 saturated heterocycles. The summed E-state index contributed by atoms with van der Waals surface area (Å²) in [6.45, 7) is 0. The molecule has 0 amide bonds. The molecule has 0 bridgehead atoms. The summed E-state index contributed by atoms with van der Waals surface area (Å²) in [7, 11) is 0. The number of halogens is 1. The van der Waals surface area contributed by atoms with Crippen molar-refractivity contribution in [3.05, 3.63) is 20.8 Å². The summed E-state index contributed by atoms with van der Waals surface area (Å²) in [5.41, 5.74) is 4.21. The zero-order valence-electron chi connectivity index (χ0n) is 8.00. The van der Waals surface area contributed by atoms with Crippen LogP contribution in [0.1, 0.15) is 37.3 Å². The lowest BCUT2D eigenvalue weighted by atomic mass is 10.0. The first-order chi connectivity index (χ1) is 6.79. The van der Waals surface area contributed by atoms with Gasteiger partial charge in [-0.15, -0.1) is 11.3 Å². The van der Waals surface area contributed by atoms with Gasteiger partial charge in [0.2, 0.25) is 0 Å². The first kappa shape index (κ1) is 10.6. The Morgan fingerprint density at radius 1 is 1.64 bits per heavy atom. The molecule has 1 heterocycles. The third-order valence-corrected chi connectivity index (χ3v) is 4.27. The Hall–Kier alpha value is 0.100. The topological polar surface area (TPSA) is 38.0 Å². The minimum Gasteiger partial charge on any atom is -0.271 e. The predicted octanol–water partition coefficient (Wildman–Crippen LogP) is 3.21. The van der Waals surface area contributed by atoms with Gasteiger partial charge in [0.1, 0.15) is 0 Å². The Morgan fingerprint density at radius 2 is 2.43 bits per heavy atom. The molecular formula is C10H15BrN2S. The smallest absolute Gasteiger partial charge is 0.0701 e. The van der Waals surface area contributed by atoms with Crippen molar-refractivity contribution in [1.82, 2.24) is 5.43 Å². The highest BCUT2D eigenvalue weighted by Crippen LogP contribution is 2.36. The first-order valence-corrected chi connectivity index (χ1v) is 6.67. The summed E-state index contributed by atoms with van der Waals surface area (Å²) in [6.07, 6.45) is 5.31. The van der Waals surface area contributed by atoms with Crippen LogP contribution in [-0.2, 0) is 0 Å². The summed E-state index contributed by atoms with van der Waals surface area (Å²) in [5, 5.41) is 2.17. The van der Waals surface area contributed by atoms with Crippen molar-refractivity contribution >= 4 is 27.3 Å². The fourth-order valence-electron chi connectivity index (χ4n) is 1.66. The molecule has 3 N–H and O–H groups in total. The second-order valence-corrected chi connectivity index (χ2v) is 6.21. The van der Waals surface area contributed by atoms with Crippen molar-refractivity contribution in [2.75, 3.05) is 0 Å². The molecular weight excluding hydrogens is 260 g/mol. The highest BCUT2D eigenvalue weighted by molar-refractivity contribution is 9.11. The highest BCUT2D eigenvalue weighted by Gasteiger charge is 2.22. The molecule has 78 valence electrons. The number of hydrogen-bond acceptors (Lipinski definition) is 3. The Morgan fingerprint density at radius 3 is 2.93 bits per heavy atom. The van der Waals surface area contributed by atoms with E-state index in [2.05, 4.69) is 32.8 Å². The number of thiophene rings is 1. The second kappa shape index (κ2) is 4.75. The van der Waals surface area contributed by atoms with Crippen molar-refractivity contribution in [3.8, 4) is 0 Å². The van der Waals surface area contributed by atoms with E-state index in [0.29, 0.717) is 6.04 Å². The van der Waals surface area contributed by atoms with Crippen LogP contribution in [0.25, 0.3) is 0 Å². The van der Waals surface area contributed by atoms with Crippen molar-refractivity contribution in [2.45, 2.75) is 31.7 Å². The Labute approximate surface area is 97.0 Å². The quantitative estimate of drug-likeness (QED) is 0.639. The fourth-order valence-corrected chi connectivity index (χ4v) is 2.89. The average Bonchev–Trinajstić information content (AvgIpc) is 2.90. The minimum atomic E-state index is 0.332. The van der Waals surface area contributed by atoms with Crippen LogP contribution >= 0.6 is 27.3 Å². The van der Waals surface area contributed by atoms with Gasteiger partial charge in [0.25, 0.3) is 0 Å². The zero-order valence-corrected chi connectivity index (χ0v) is 10.4. The summed E-state index contributed by atoms with van der Waals surface area (Å²) in [4.78, 5) is 0. The summed E-state index contributed by atoms with van der Waals surface area (Å²) < 4.78 is 1.18. The van der Waals surface area contributed by atoms with Gasteiger partial charge in [0.05, 0.1) is 3.79 Å². The lowest BCUT2D eigenvalue weighted by Gasteiger charge is -2.13. The molecule has 1 aromatic heterocycles. The first-order valence-electron chi connectivity index (χ1n) is 4.99. The molecule has 1 aromatic rings.